The van der Waals surface area contributed by atoms with Crippen molar-refractivity contribution in [3.63, 3.8) is 0 Å². The lowest BCUT2D eigenvalue weighted by atomic mass is 9.64. The van der Waals surface area contributed by atoms with Gasteiger partial charge >= 0.3 is 5.97 Å². The molecule has 1 saturated carbocycles. The fraction of sp³-hybridized carbons (Fsp3) is 0.600. The minimum absolute atomic E-state index is 0.0900. The Bertz CT molecular complexity index is 552. The summed E-state index contributed by atoms with van der Waals surface area (Å²) in [5.74, 6) is -1.12. The van der Waals surface area contributed by atoms with Crippen LogP contribution < -0.4 is 0 Å². The van der Waals surface area contributed by atoms with Crippen molar-refractivity contribution in [3.8, 4) is 0 Å². The van der Waals surface area contributed by atoms with Crippen LogP contribution in [0.5, 0.6) is 0 Å². The summed E-state index contributed by atoms with van der Waals surface area (Å²) < 4.78 is 5.68. The van der Waals surface area contributed by atoms with Crippen molar-refractivity contribution in [2.24, 2.45) is 5.41 Å². The lowest BCUT2D eigenvalue weighted by Gasteiger charge is -2.54. The fourth-order valence-electron chi connectivity index (χ4n) is 2.89. The molecule has 1 aliphatic carbocycles. The van der Waals surface area contributed by atoms with Crippen LogP contribution in [0.1, 0.15) is 46.5 Å². The Morgan fingerprint density at radius 3 is 2.52 bits per heavy atom. The van der Waals surface area contributed by atoms with Gasteiger partial charge in [-0.3, -0.25) is 4.79 Å². The van der Waals surface area contributed by atoms with E-state index in [0.717, 1.165) is 17.8 Å². The zero-order valence-corrected chi connectivity index (χ0v) is 13.6. The molecule has 5 nitrogen and oxygen atoms in total. The standard InChI is InChI=1S/C15H21NO4S/c1-5-20-12-8-11(15(12,2)3)16(4)13(17)9-6-7-10(21-9)14(18)19/h6-7,11-12H,5,8H2,1-4H3,(H,18,19). The fourth-order valence-corrected chi connectivity index (χ4v) is 3.72. The molecule has 0 spiro atoms. The molecular weight excluding hydrogens is 290 g/mol. The quantitative estimate of drug-likeness (QED) is 0.908. The first-order chi connectivity index (χ1) is 9.78. The molecule has 0 radical (unpaired) electrons. The van der Waals surface area contributed by atoms with E-state index in [1.54, 1.807) is 18.0 Å². The summed E-state index contributed by atoms with van der Waals surface area (Å²) in [5.41, 5.74) is -0.0900. The maximum atomic E-state index is 12.5. The van der Waals surface area contributed by atoms with Gasteiger partial charge in [0.05, 0.1) is 11.0 Å². The SMILES string of the molecule is CCOC1CC(N(C)C(=O)c2ccc(C(=O)O)s2)C1(C)C. The van der Waals surface area contributed by atoms with Crippen LogP contribution in [0.15, 0.2) is 12.1 Å². The van der Waals surface area contributed by atoms with Crippen molar-refractivity contribution in [3.05, 3.63) is 21.9 Å². The molecule has 1 N–H and O–H groups in total. The van der Waals surface area contributed by atoms with Gasteiger partial charge in [-0.15, -0.1) is 11.3 Å². The highest BCUT2D eigenvalue weighted by Gasteiger charge is 2.51. The zero-order valence-electron chi connectivity index (χ0n) is 12.8. The number of nitrogens with zero attached hydrogens (tertiary/aromatic N) is 1. The smallest absolute Gasteiger partial charge is 0.345 e. The number of hydrogen-bond acceptors (Lipinski definition) is 4. The van der Waals surface area contributed by atoms with E-state index in [1.807, 2.05) is 6.92 Å². The van der Waals surface area contributed by atoms with Crippen LogP contribution in [0.25, 0.3) is 0 Å². The van der Waals surface area contributed by atoms with Crippen molar-refractivity contribution in [1.82, 2.24) is 4.90 Å². The van der Waals surface area contributed by atoms with Crippen molar-refractivity contribution >= 4 is 23.2 Å². The molecule has 1 aliphatic rings. The molecule has 21 heavy (non-hydrogen) atoms. The highest BCUT2D eigenvalue weighted by molar-refractivity contribution is 7.15. The molecule has 0 aliphatic heterocycles. The number of carboxylic acid groups (broad SMARTS) is 1. The number of carbonyl (C=O) groups excluding carboxylic acids is 1. The minimum Gasteiger partial charge on any atom is -0.477 e. The molecule has 6 heteroatoms. The lowest BCUT2D eigenvalue weighted by molar-refractivity contribution is -0.136. The van der Waals surface area contributed by atoms with E-state index in [2.05, 4.69) is 13.8 Å². The molecule has 1 amide bonds. The molecule has 1 aromatic heterocycles. The van der Waals surface area contributed by atoms with Gasteiger partial charge in [-0.2, -0.15) is 0 Å². The maximum absolute atomic E-state index is 12.5. The second-order valence-corrected chi connectivity index (χ2v) is 6.99. The molecule has 0 aromatic carbocycles. The summed E-state index contributed by atoms with van der Waals surface area (Å²) >= 11 is 1.02. The van der Waals surface area contributed by atoms with Gasteiger partial charge in [-0.05, 0) is 25.5 Å². The third-order valence-electron chi connectivity index (χ3n) is 4.31. The Morgan fingerprint density at radius 2 is 2.05 bits per heavy atom. The lowest BCUT2D eigenvalue weighted by Crippen LogP contribution is -2.62. The molecule has 116 valence electrons. The van der Waals surface area contributed by atoms with Gasteiger partial charge in [0.15, 0.2) is 0 Å². The first-order valence-electron chi connectivity index (χ1n) is 7.01. The number of aromatic carboxylic acids is 1. The van der Waals surface area contributed by atoms with Crippen LogP contribution in [0, 0.1) is 5.41 Å². The Kier molecular flexibility index (Phi) is 4.39. The van der Waals surface area contributed by atoms with E-state index in [1.165, 1.54) is 6.07 Å². The summed E-state index contributed by atoms with van der Waals surface area (Å²) in [6.45, 7) is 6.84. The van der Waals surface area contributed by atoms with Gasteiger partial charge in [0, 0.05) is 25.1 Å². The van der Waals surface area contributed by atoms with Gasteiger partial charge in [-0.25, -0.2) is 4.79 Å². The zero-order chi connectivity index (χ0) is 15.8. The molecular formula is C15H21NO4S. The number of ether oxygens (including phenoxy) is 1. The van der Waals surface area contributed by atoms with Gasteiger partial charge in [0.1, 0.15) is 4.88 Å². The van der Waals surface area contributed by atoms with Gasteiger partial charge < -0.3 is 14.7 Å². The van der Waals surface area contributed by atoms with Gasteiger partial charge in [-0.1, -0.05) is 13.8 Å². The highest BCUT2D eigenvalue weighted by atomic mass is 32.1. The summed E-state index contributed by atoms with van der Waals surface area (Å²) in [6, 6.07) is 3.17. The van der Waals surface area contributed by atoms with E-state index in [0.29, 0.717) is 11.5 Å². The van der Waals surface area contributed by atoms with Crippen LogP contribution in [0.3, 0.4) is 0 Å². The Morgan fingerprint density at radius 1 is 1.43 bits per heavy atom. The van der Waals surface area contributed by atoms with E-state index >= 15 is 0 Å². The summed E-state index contributed by atoms with van der Waals surface area (Å²) in [4.78, 5) is 25.7. The Hall–Kier alpha value is -1.40. The Balaban J connectivity index is 2.08. The molecule has 1 fully saturated rings. The topological polar surface area (TPSA) is 66.8 Å². The van der Waals surface area contributed by atoms with Crippen molar-refractivity contribution < 1.29 is 19.4 Å². The van der Waals surface area contributed by atoms with Gasteiger partial charge in [0.2, 0.25) is 0 Å². The second-order valence-electron chi connectivity index (χ2n) is 5.90. The number of amides is 1. The summed E-state index contributed by atoms with van der Waals surface area (Å²) in [6.07, 6.45) is 0.987. The average molecular weight is 311 g/mol. The van der Waals surface area contributed by atoms with Crippen LogP contribution >= 0.6 is 11.3 Å². The van der Waals surface area contributed by atoms with E-state index in [9.17, 15) is 9.59 Å². The number of carboxylic acids is 1. The van der Waals surface area contributed by atoms with Crippen LogP contribution in [-0.2, 0) is 4.74 Å². The molecule has 1 heterocycles. The van der Waals surface area contributed by atoms with Crippen molar-refractivity contribution in [2.75, 3.05) is 13.7 Å². The van der Waals surface area contributed by atoms with Crippen molar-refractivity contribution in [2.45, 2.75) is 39.3 Å². The minimum atomic E-state index is -0.998. The first kappa shape index (κ1) is 16.0. The third kappa shape index (κ3) is 2.82. The summed E-state index contributed by atoms with van der Waals surface area (Å²) in [5, 5.41) is 8.93. The van der Waals surface area contributed by atoms with Gasteiger partial charge in [0.25, 0.3) is 5.91 Å². The number of thiophene rings is 1. The largest absolute Gasteiger partial charge is 0.477 e. The highest BCUT2D eigenvalue weighted by Crippen LogP contribution is 2.45. The number of carbonyl (C=O) groups is 2. The van der Waals surface area contributed by atoms with Crippen molar-refractivity contribution in [1.29, 1.82) is 0 Å². The van der Waals surface area contributed by atoms with Crippen LogP contribution in [0.4, 0.5) is 0 Å². The molecule has 2 rings (SSSR count). The molecule has 2 atom stereocenters. The number of rotatable bonds is 5. The Labute approximate surface area is 128 Å². The third-order valence-corrected chi connectivity index (χ3v) is 5.37. The van der Waals surface area contributed by atoms with E-state index < -0.39 is 5.97 Å². The molecule has 0 saturated heterocycles. The number of hydrogen-bond donors (Lipinski definition) is 1. The predicted molar refractivity (Wildman–Crippen MR) is 81.0 cm³/mol. The van der Waals surface area contributed by atoms with Crippen LogP contribution in [0.2, 0.25) is 0 Å². The molecule has 2 unspecified atom stereocenters. The maximum Gasteiger partial charge on any atom is 0.345 e. The first-order valence-corrected chi connectivity index (χ1v) is 7.82. The molecule has 1 aromatic rings. The van der Waals surface area contributed by atoms with Crippen LogP contribution in [-0.4, -0.2) is 47.7 Å². The monoisotopic (exact) mass is 311 g/mol. The summed E-state index contributed by atoms with van der Waals surface area (Å²) in [7, 11) is 1.77. The second kappa shape index (κ2) is 5.77. The predicted octanol–water partition coefficient (Wildman–Crippen LogP) is 2.72. The van der Waals surface area contributed by atoms with E-state index in [4.69, 9.17) is 9.84 Å². The normalized spacial score (nSPS) is 23.4. The average Bonchev–Trinajstić information content (AvgIpc) is 2.91. The molecule has 0 bridgehead atoms. The van der Waals surface area contributed by atoms with E-state index in [-0.39, 0.29) is 28.3 Å².